The van der Waals surface area contributed by atoms with E-state index in [4.69, 9.17) is 0 Å². The number of rotatable bonds is 4. The molecule has 25 heavy (non-hydrogen) atoms. The second-order valence-electron chi connectivity index (χ2n) is 5.83. The topological polar surface area (TPSA) is 42.9 Å². The summed E-state index contributed by atoms with van der Waals surface area (Å²) in [5.74, 6) is 0.336. The van der Waals surface area contributed by atoms with E-state index in [1.165, 1.54) is 12.1 Å². The van der Waals surface area contributed by atoms with Crippen molar-refractivity contribution in [1.82, 2.24) is 5.32 Å². The molecular formula is C18H15F3N2O2. The third-order valence-electron chi connectivity index (χ3n) is 4.20. The van der Waals surface area contributed by atoms with E-state index in [1.807, 2.05) is 0 Å². The molecule has 0 spiro atoms. The van der Waals surface area contributed by atoms with Crippen LogP contribution in [0, 0.1) is 5.82 Å². The van der Waals surface area contributed by atoms with E-state index in [9.17, 15) is 13.2 Å². The van der Waals surface area contributed by atoms with Crippen molar-refractivity contribution in [1.29, 1.82) is 0 Å². The largest absolute Gasteiger partial charge is 0.586 e. The fraction of sp³-hybridized carbons (Fsp3) is 0.278. The molecule has 0 aromatic heterocycles. The molecule has 2 aromatic rings. The van der Waals surface area contributed by atoms with Crippen LogP contribution >= 0.6 is 0 Å². The molecule has 2 aromatic carbocycles. The summed E-state index contributed by atoms with van der Waals surface area (Å²) in [5, 5.41) is 3.13. The highest BCUT2D eigenvalue weighted by Gasteiger charge is 2.44. The van der Waals surface area contributed by atoms with Crippen LogP contribution < -0.4 is 14.8 Å². The van der Waals surface area contributed by atoms with Crippen molar-refractivity contribution in [2.75, 3.05) is 13.1 Å². The van der Waals surface area contributed by atoms with Crippen molar-refractivity contribution in [3.63, 3.8) is 0 Å². The van der Waals surface area contributed by atoms with Gasteiger partial charge in [-0.2, -0.15) is 0 Å². The van der Waals surface area contributed by atoms with E-state index in [-0.39, 0.29) is 17.3 Å². The monoisotopic (exact) mass is 348 g/mol. The predicted molar refractivity (Wildman–Crippen MR) is 85.9 cm³/mol. The lowest BCUT2D eigenvalue weighted by molar-refractivity contribution is -0.286. The molecule has 0 atom stereocenters. The summed E-state index contributed by atoms with van der Waals surface area (Å²) in [6, 6.07) is 9.54. The summed E-state index contributed by atoms with van der Waals surface area (Å²) in [4.78, 5) is 4.33. The molecule has 130 valence electrons. The number of para-hydroxylation sites is 1. The van der Waals surface area contributed by atoms with Crippen molar-refractivity contribution < 1.29 is 22.6 Å². The Bertz CT molecular complexity index is 852. The van der Waals surface area contributed by atoms with Crippen LogP contribution in [0.2, 0.25) is 0 Å². The highest BCUT2D eigenvalue weighted by atomic mass is 19.3. The number of alkyl halides is 2. The van der Waals surface area contributed by atoms with Crippen molar-refractivity contribution in [2.45, 2.75) is 19.1 Å². The Morgan fingerprint density at radius 2 is 1.92 bits per heavy atom. The van der Waals surface area contributed by atoms with Crippen LogP contribution in [0.15, 0.2) is 41.4 Å². The van der Waals surface area contributed by atoms with Crippen LogP contribution in [0.4, 0.5) is 13.2 Å². The molecule has 1 N–H and O–H groups in total. The summed E-state index contributed by atoms with van der Waals surface area (Å²) in [5.41, 5.74) is 1.75. The minimum Gasteiger partial charge on any atom is -0.395 e. The first-order valence-corrected chi connectivity index (χ1v) is 7.97. The molecule has 0 bridgehead atoms. The SMILES string of the molecule is Fc1cccc(C2=NCCN2)c1CCc1cccc2c1OC(F)(F)O2. The second kappa shape index (κ2) is 5.98. The fourth-order valence-electron chi connectivity index (χ4n) is 3.09. The zero-order chi connectivity index (χ0) is 17.4. The molecule has 0 aliphatic carbocycles. The van der Waals surface area contributed by atoms with Gasteiger partial charge in [0.05, 0.1) is 6.54 Å². The number of fused-ring (bicyclic) bond motifs is 1. The average Bonchev–Trinajstić information content (AvgIpc) is 3.19. The van der Waals surface area contributed by atoms with E-state index < -0.39 is 6.29 Å². The molecule has 0 unspecified atom stereocenters. The Kier molecular flexibility index (Phi) is 3.78. The number of halogens is 3. The van der Waals surface area contributed by atoms with E-state index in [2.05, 4.69) is 19.8 Å². The Labute approximate surface area is 142 Å². The first-order chi connectivity index (χ1) is 12.0. The molecule has 4 rings (SSSR count). The molecule has 0 radical (unpaired) electrons. The van der Waals surface area contributed by atoms with Gasteiger partial charge in [0.2, 0.25) is 0 Å². The molecule has 4 nitrogen and oxygen atoms in total. The summed E-state index contributed by atoms with van der Waals surface area (Å²) < 4.78 is 50.0. The maximum absolute atomic E-state index is 14.3. The number of nitrogens with one attached hydrogen (secondary N) is 1. The normalized spacial score (nSPS) is 17.3. The van der Waals surface area contributed by atoms with Crippen LogP contribution in [0.5, 0.6) is 11.5 Å². The van der Waals surface area contributed by atoms with Crippen molar-refractivity contribution >= 4 is 5.84 Å². The Morgan fingerprint density at radius 3 is 2.72 bits per heavy atom. The molecule has 0 amide bonds. The molecule has 0 saturated carbocycles. The Balaban J connectivity index is 1.61. The highest BCUT2D eigenvalue weighted by molar-refractivity contribution is 6.01. The first-order valence-electron chi connectivity index (χ1n) is 7.97. The number of hydrogen-bond donors (Lipinski definition) is 1. The van der Waals surface area contributed by atoms with Crippen molar-refractivity contribution in [3.05, 3.63) is 58.9 Å². The number of amidine groups is 1. The standard InChI is InChI=1S/C18H15F3N2O2/c19-14-5-2-4-13(17-22-9-10-23-17)12(14)8-7-11-3-1-6-15-16(11)25-18(20,21)24-15/h1-6H,7-10H2,(H,22,23). The van der Waals surface area contributed by atoms with Gasteiger partial charge in [-0.15, -0.1) is 8.78 Å². The summed E-state index contributed by atoms with van der Waals surface area (Å²) in [6.07, 6.45) is -3.00. The van der Waals surface area contributed by atoms with Crippen LogP contribution in [0.3, 0.4) is 0 Å². The quantitative estimate of drug-likeness (QED) is 0.922. The third kappa shape index (κ3) is 3.01. The number of aryl methyl sites for hydroxylation is 1. The summed E-state index contributed by atoms with van der Waals surface area (Å²) in [7, 11) is 0. The van der Waals surface area contributed by atoms with Crippen LogP contribution in [-0.2, 0) is 12.8 Å². The molecule has 2 aliphatic rings. The smallest absolute Gasteiger partial charge is 0.395 e. The molecule has 0 fully saturated rings. The van der Waals surface area contributed by atoms with Gasteiger partial charge >= 0.3 is 6.29 Å². The average molecular weight is 348 g/mol. The summed E-state index contributed by atoms with van der Waals surface area (Å²) >= 11 is 0. The molecule has 2 aliphatic heterocycles. The lowest BCUT2D eigenvalue weighted by atomic mass is 9.98. The van der Waals surface area contributed by atoms with E-state index in [1.54, 1.807) is 24.3 Å². The van der Waals surface area contributed by atoms with Gasteiger partial charge in [0.1, 0.15) is 11.7 Å². The van der Waals surface area contributed by atoms with E-state index >= 15 is 0 Å². The second-order valence-corrected chi connectivity index (χ2v) is 5.83. The highest BCUT2D eigenvalue weighted by Crippen LogP contribution is 2.43. The van der Waals surface area contributed by atoms with Crippen LogP contribution in [0.25, 0.3) is 0 Å². The molecular weight excluding hydrogens is 333 g/mol. The van der Waals surface area contributed by atoms with Crippen LogP contribution in [-0.4, -0.2) is 25.2 Å². The number of benzene rings is 2. The Morgan fingerprint density at radius 1 is 1.08 bits per heavy atom. The molecule has 2 heterocycles. The lowest BCUT2D eigenvalue weighted by Gasteiger charge is -2.12. The minimum absolute atomic E-state index is 0.00177. The van der Waals surface area contributed by atoms with E-state index in [0.29, 0.717) is 41.9 Å². The third-order valence-corrected chi connectivity index (χ3v) is 4.20. The predicted octanol–water partition coefficient (Wildman–Crippen LogP) is 3.28. The number of ether oxygens (including phenoxy) is 2. The van der Waals surface area contributed by atoms with Gasteiger partial charge in [0.15, 0.2) is 11.5 Å². The van der Waals surface area contributed by atoms with Gasteiger partial charge < -0.3 is 14.8 Å². The maximum atomic E-state index is 14.3. The molecule has 7 heteroatoms. The zero-order valence-corrected chi connectivity index (χ0v) is 13.2. The number of nitrogens with zero attached hydrogens (tertiary/aromatic N) is 1. The van der Waals surface area contributed by atoms with Gasteiger partial charge in [-0.1, -0.05) is 24.3 Å². The van der Waals surface area contributed by atoms with Gasteiger partial charge in [-0.25, -0.2) is 4.39 Å². The summed E-state index contributed by atoms with van der Waals surface area (Å²) in [6.45, 7) is 1.37. The molecule has 0 saturated heterocycles. The lowest BCUT2D eigenvalue weighted by Crippen LogP contribution is -2.26. The van der Waals surface area contributed by atoms with Gasteiger partial charge in [0, 0.05) is 12.1 Å². The van der Waals surface area contributed by atoms with Crippen molar-refractivity contribution in [2.24, 2.45) is 4.99 Å². The van der Waals surface area contributed by atoms with Gasteiger partial charge in [-0.05, 0) is 36.1 Å². The van der Waals surface area contributed by atoms with Gasteiger partial charge in [0.25, 0.3) is 0 Å². The fourth-order valence-corrected chi connectivity index (χ4v) is 3.09. The first kappa shape index (κ1) is 15.8. The minimum atomic E-state index is -3.66. The van der Waals surface area contributed by atoms with Gasteiger partial charge in [-0.3, -0.25) is 4.99 Å². The number of aliphatic imine (C=N–C) groups is 1. The maximum Gasteiger partial charge on any atom is 0.586 e. The van der Waals surface area contributed by atoms with E-state index in [0.717, 1.165) is 6.54 Å². The Hall–Kier alpha value is -2.70. The number of hydrogen-bond acceptors (Lipinski definition) is 4. The van der Waals surface area contributed by atoms with Crippen LogP contribution in [0.1, 0.15) is 16.7 Å². The zero-order valence-electron chi connectivity index (χ0n) is 13.2. The van der Waals surface area contributed by atoms with Crippen molar-refractivity contribution in [3.8, 4) is 11.5 Å².